The van der Waals surface area contributed by atoms with E-state index in [-0.39, 0.29) is 5.91 Å². The second kappa shape index (κ2) is 2.92. The molecule has 1 aliphatic heterocycles. The minimum Gasteiger partial charge on any atom is -0.322 e. The monoisotopic (exact) mass is 143 g/mol. The molecule has 0 N–H and O–H groups in total. The minimum atomic E-state index is 0.205. The summed E-state index contributed by atoms with van der Waals surface area (Å²) in [4.78, 5) is 12.5. The zero-order chi connectivity index (χ0) is 6.69. The van der Waals surface area contributed by atoms with Gasteiger partial charge in [-0.25, -0.2) is 0 Å². The first-order valence-electron chi connectivity index (χ1n) is 2.84. The summed E-state index contributed by atoms with van der Waals surface area (Å²) < 4.78 is 0. The van der Waals surface area contributed by atoms with Gasteiger partial charge in [-0.2, -0.15) is 0 Å². The van der Waals surface area contributed by atoms with Crippen molar-refractivity contribution >= 4 is 17.7 Å². The number of rotatable bonds is 0. The van der Waals surface area contributed by atoms with Crippen molar-refractivity contribution in [2.75, 3.05) is 12.8 Å². The lowest BCUT2D eigenvalue weighted by Crippen LogP contribution is -2.19. The molecule has 0 saturated heterocycles. The molecule has 1 aliphatic rings. The van der Waals surface area contributed by atoms with Crippen molar-refractivity contribution < 1.29 is 4.79 Å². The largest absolute Gasteiger partial charge is 0.322 e. The second-order valence-electron chi connectivity index (χ2n) is 1.91. The first-order chi connectivity index (χ1) is 4.30. The number of thioether (sulfide) groups is 1. The van der Waals surface area contributed by atoms with Crippen molar-refractivity contribution in [1.82, 2.24) is 4.90 Å². The normalized spacial score (nSPS) is 20.1. The fraction of sp³-hybridized carbons (Fsp3) is 0.500. The molecule has 0 saturated carbocycles. The summed E-state index contributed by atoms with van der Waals surface area (Å²) in [6.45, 7) is 0. The molecule has 2 nitrogen and oxygen atoms in total. The molecule has 1 amide bonds. The van der Waals surface area contributed by atoms with Gasteiger partial charge in [0.15, 0.2) is 0 Å². The molecule has 0 aromatic heterocycles. The van der Waals surface area contributed by atoms with Crippen LogP contribution in [0, 0.1) is 0 Å². The lowest BCUT2D eigenvalue weighted by Gasteiger charge is -2.06. The number of hydrogen-bond donors (Lipinski definition) is 0. The van der Waals surface area contributed by atoms with E-state index in [2.05, 4.69) is 0 Å². The molecule has 0 atom stereocenters. The molecule has 50 valence electrons. The number of hydrogen-bond acceptors (Lipinski definition) is 2. The third-order valence-electron chi connectivity index (χ3n) is 1.21. The molecule has 1 rings (SSSR count). The predicted molar refractivity (Wildman–Crippen MR) is 39.0 cm³/mol. The highest BCUT2D eigenvalue weighted by Gasteiger charge is 2.06. The van der Waals surface area contributed by atoms with E-state index in [1.165, 1.54) is 0 Å². The van der Waals surface area contributed by atoms with E-state index in [1.54, 1.807) is 29.9 Å². The van der Waals surface area contributed by atoms with Crippen LogP contribution in [0.5, 0.6) is 0 Å². The highest BCUT2D eigenvalue weighted by Crippen LogP contribution is 2.10. The highest BCUT2D eigenvalue weighted by molar-refractivity contribution is 8.02. The fourth-order valence-corrected chi connectivity index (χ4v) is 1.31. The Bertz CT molecular complexity index is 144. The van der Waals surface area contributed by atoms with Crippen LogP contribution < -0.4 is 0 Å². The lowest BCUT2D eigenvalue weighted by molar-refractivity contribution is -0.127. The predicted octanol–water partition coefficient (Wildman–Crippen LogP) is 1.05. The van der Waals surface area contributed by atoms with E-state index in [4.69, 9.17) is 0 Å². The maximum atomic E-state index is 10.9. The van der Waals surface area contributed by atoms with E-state index >= 15 is 0 Å². The Balaban J connectivity index is 2.56. The minimum absolute atomic E-state index is 0.205. The lowest BCUT2D eigenvalue weighted by atomic mass is 10.4. The quantitative estimate of drug-likeness (QED) is 0.505. The van der Waals surface area contributed by atoms with Gasteiger partial charge >= 0.3 is 0 Å². The summed E-state index contributed by atoms with van der Waals surface area (Å²) in [6.07, 6.45) is 2.47. The topological polar surface area (TPSA) is 20.3 Å². The van der Waals surface area contributed by atoms with Crippen LogP contribution in [0.2, 0.25) is 0 Å². The Morgan fingerprint density at radius 2 is 2.56 bits per heavy atom. The average Bonchev–Trinajstić information content (AvgIpc) is 1.99. The van der Waals surface area contributed by atoms with Crippen molar-refractivity contribution in [3.8, 4) is 0 Å². The SMILES string of the molecule is CN1C=CSCCC1=O. The van der Waals surface area contributed by atoms with Crippen molar-refractivity contribution in [2.45, 2.75) is 6.42 Å². The van der Waals surface area contributed by atoms with Gasteiger partial charge in [0.2, 0.25) is 5.91 Å². The van der Waals surface area contributed by atoms with E-state index in [0.717, 1.165) is 5.75 Å². The van der Waals surface area contributed by atoms with Crippen LogP contribution in [-0.2, 0) is 4.79 Å². The third-order valence-corrected chi connectivity index (χ3v) is 1.96. The summed E-state index contributed by atoms with van der Waals surface area (Å²) in [5, 5.41) is 1.95. The van der Waals surface area contributed by atoms with Crippen LogP contribution in [0.1, 0.15) is 6.42 Å². The zero-order valence-electron chi connectivity index (χ0n) is 5.33. The van der Waals surface area contributed by atoms with Gasteiger partial charge in [0.25, 0.3) is 0 Å². The summed E-state index contributed by atoms with van der Waals surface area (Å²) in [5.41, 5.74) is 0. The van der Waals surface area contributed by atoms with Gasteiger partial charge in [-0.1, -0.05) is 0 Å². The second-order valence-corrected chi connectivity index (χ2v) is 2.92. The Kier molecular flexibility index (Phi) is 2.16. The Morgan fingerprint density at radius 1 is 1.78 bits per heavy atom. The van der Waals surface area contributed by atoms with Crippen molar-refractivity contribution in [1.29, 1.82) is 0 Å². The van der Waals surface area contributed by atoms with Crippen molar-refractivity contribution in [3.63, 3.8) is 0 Å². The van der Waals surface area contributed by atoms with Gasteiger partial charge in [0, 0.05) is 25.4 Å². The van der Waals surface area contributed by atoms with Crippen LogP contribution in [0.25, 0.3) is 0 Å². The first-order valence-corrected chi connectivity index (χ1v) is 3.89. The molecule has 0 aliphatic carbocycles. The molecule has 3 heteroatoms. The van der Waals surface area contributed by atoms with Gasteiger partial charge in [0.1, 0.15) is 0 Å². The van der Waals surface area contributed by atoms with Gasteiger partial charge in [0.05, 0.1) is 0 Å². The molecule has 1 heterocycles. The summed E-state index contributed by atoms with van der Waals surface area (Å²) in [5.74, 6) is 1.12. The number of carbonyl (C=O) groups is 1. The van der Waals surface area contributed by atoms with E-state index in [0.29, 0.717) is 6.42 Å². The van der Waals surface area contributed by atoms with Crippen molar-refractivity contribution in [2.24, 2.45) is 0 Å². The summed E-state index contributed by atoms with van der Waals surface area (Å²) >= 11 is 1.68. The number of nitrogens with zero attached hydrogens (tertiary/aromatic N) is 1. The van der Waals surface area contributed by atoms with Gasteiger partial charge < -0.3 is 4.90 Å². The molecular weight excluding hydrogens is 134 g/mol. The number of amides is 1. The molecule has 0 aromatic carbocycles. The van der Waals surface area contributed by atoms with Gasteiger partial charge in [-0.05, 0) is 5.41 Å². The molecule has 0 spiro atoms. The van der Waals surface area contributed by atoms with Crippen LogP contribution in [0.4, 0.5) is 0 Å². The molecule has 0 radical (unpaired) electrons. The Morgan fingerprint density at radius 3 is 3.33 bits per heavy atom. The first kappa shape index (κ1) is 6.68. The maximum absolute atomic E-state index is 10.9. The van der Waals surface area contributed by atoms with E-state index in [1.807, 2.05) is 5.41 Å². The van der Waals surface area contributed by atoms with Crippen LogP contribution in [0.15, 0.2) is 11.6 Å². The third kappa shape index (κ3) is 1.75. The molecule has 0 aromatic rings. The Hall–Kier alpha value is -0.440. The molecule has 9 heavy (non-hydrogen) atoms. The maximum Gasteiger partial charge on any atom is 0.227 e. The molecule has 0 unspecified atom stereocenters. The average molecular weight is 143 g/mol. The fourth-order valence-electron chi connectivity index (χ4n) is 0.608. The smallest absolute Gasteiger partial charge is 0.227 e. The highest BCUT2D eigenvalue weighted by atomic mass is 32.2. The van der Waals surface area contributed by atoms with Crippen LogP contribution in [0.3, 0.4) is 0 Å². The molecule has 0 fully saturated rings. The molecule has 0 bridgehead atoms. The van der Waals surface area contributed by atoms with E-state index < -0.39 is 0 Å². The van der Waals surface area contributed by atoms with Gasteiger partial charge in [-0.3, -0.25) is 4.79 Å². The van der Waals surface area contributed by atoms with Crippen LogP contribution in [-0.4, -0.2) is 23.6 Å². The summed E-state index contributed by atoms with van der Waals surface area (Å²) in [6, 6.07) is 0. The number of carbonyl (C=O) groups excluding carboxylic acids is 1. The van der Waals surface area contributed by atoms with E-state index in [9.17, 15) is 4.79 Å². The zero-order valence-corrected chi connectivity index (χ0v) is 6.15. The van der Waals surface area contributed by atoms with Crippen molar-refractivity contribution in [3.05, 3.63) is 11.6 Å². The standard InChI is InChI=1S/C6H9NOS/c1-7-3-5-9-4-2-6(7)8/h3,5H,2,4H2,1H3. The molecular formula is C6H9NOS. The summed E-state index contributed by atoms with van der Waals surface area (Å²) in [7, 11) is 1.78. The van der Waals surface area contributed by atoms with Crippen LogP contribution >= 0.6 is 11.8 Å². The Labute approximate surface area is 58.9 Å². The van der Waals surface area contributed by atoms with Gasteiger partial charge in [-0.15, -0.1) is 11.8 Å².